The van der Waals surface area contributed by atoms with Gasteiger partial charge in [0.2, 0.25) is 5.95 Å². The molecule has 0 unspecified atom stereocenters. The van der Waals surface area contributed by atoms with Crippen molar-refractivity contribution in [1.29, 1.82) is 0 Å². The van der Waals surface area contributed by atoms with Crippen LogP contribution in [-0.2, 0) is 0 Å². The van der Waals surface area contributed by atoms with Crippen molar-refractivity contribution in [2.45, 2.75) is 64.3 Å². The highest BCUT2D eigenvalue weighted by atomic mass is 32.1. The fourth-order valence-corrected chi connectivity index (χ4v) is 5.58. The minimum Gasteiger partial charge on any atom is -0.396 e. The molecule has 170 valence electrons. The Morgan fingerprint density at radius 3 is 2.47 bits per heavy atom. The number of anilines is 2. The van der Waals surface area contributed by atoms with Gasteiger partial charge < -0.3 is 26.0 Å². The number of aromatic nitrogens is 4. The third kappa shape index (κ3) is 3.92. The Kier molecular flexibility index (Phi) is 5.48. The van der Waals surface area contributed by atoms with E-state index in [4.69, 9.17) is 9.97 Å². The predicted octanol–water partition coefficient (Wildman–Crippen LogP) is 2.16. The zero-order chi connectivity index (χ0) is 22.6. The standard InChI is InChI=1S/C22H28N6O3S/c1-9-6-15-17(11(3)23-9)27-21(32-15)16-10(2)24-22(25-13-4-5-13)28-20(16)26-14-7-12(8-29)18(30)19(14)31/h6,12-14,18-19,29-31H,4-5,7-8H2,1-3H3,(H2,24,25,26,28)/t12-,14-,18-,19+/m1/s1. The van der Waals surface area contributed by atoms with E-state index in [-0.39, 0.29) is 12.5 Å². The molecule has 2 aliphatic rings. The van der Waals surface area contributed by atoms with Gasteiger partial charge >= 0.3 is 0 Å². The second-order valence-corrected chi connectivity index (χ2v) is 9.93. The molecule has 3 aromatic rings. The first-order valence-corrected chi connectivity index (χ1v) is 11.8. The maximum Gasteiger partial charge on any atom is 0.225 e. The molecule has 4 atom stereocenters. The van der Waals surface area contributed by atoms with E-state index in [2.05, 4.69) is 20.6 Å². The minimum atomic E-state index is -1.00. The predicted molar refractivity (Wildman–Crippen MR) is 124 cm³/mol. The number of aryl methyl sites for hydroxylation is 3. The Morgan fingerprint density at radius 2 is 1.78 bits per heavy atom. The molecule has 32 heavy (non-hydrogen) atoms. The van der Waals surface area contributed by atoms with Crippen molar-refractivity contribution in [1.82, 2.24) is 19.9 Å². The Hall–Kier alpha value is -2.40. The summed E-state index contributed by atoms with van der Waals surface area (Å²) in [5, 5.41) is 37.8. The Morgan fingerprint density at radius 1 is 1.00 bits per heavy atom. The van der Waals surface area contributed by atoms with Crippen molar-refractivity contribution in [3.05, 3.63) is 23.1 Å². The summed E-state index contributed by atoms with van der Waals surface area (Å²) in [6.07, 6.45) is 0.658. The molecule has 5 rings (SSSR count). The van der Waals surface area contributed by atoms with Crippen LogP contribution in [0.2, 0.25) is 0 Å². The Balaban J connectivity index is 1.58. The lowest BCUT2D eigenvalue weighted by atomic mass is 10.1. The highest BCUT2D eigenvalue weighted by molar-refractivity contribution is 7.21. The number of thiazole rings is 1. The lowest BCUT2D eigenvalue weighted by Gasteiger charge is -2.21. The summed E-state index contributed by atoms with van der Waals surface area (Å²) in [6, 6.07) is 1.98. The lowest BCUT2D eigenvalue weighted by Crippen LogP contribution is -2.35. The monoisotopic (exact) mass is 456 g/mol. The normalized spacial score (nSPS) is 25.4. The van der Waals surface area contributed by atoms with E-state index >= 15 is 0 Å². The van der Waals surface area contributed by atoms with Crippen molar-refractivity contribution in [2.75, 3.05) is 17.2 Å². The molecule has 0 aliphatic heterocycles. The lowest BCUT2D eigenvalue weighted by molar-refractivity contribution is 0.00446. The van der Waals surface area contributed by atoms with Crippen LogP contribution < -0.4 is 10.6 Å². The van der Waals surface area contributed by atoms with Gasteiger partial charge in [-0.3, -0.25) is 4.98 Å². The smallest absolute Gasteiger partial charge is 0.225 e. The van der Waals surface area contributed by atoms with Crippen molar-refractivity contribution in [3.63, 3.8) is 0 Å². The summed E-state index contributed by atoms with van der Waals surface area (Å²) in [4.78, 5) is 18.8. The quantitative estimate of drug-likeness (QED) is 0.378. The third-order valence-electron chi connectivity index (χ3n) is 6.25. The first kappa shape index (κ1) is 21.4. The Bertz CT molecular complexity index is 1160. The van der Waals surface area contributed by atoms with E-state index in [9.17, 15) is 15.3 Å². The Labute approximate surface area is 190 Å². The van der Waals surface area contributed by atoms with Gasteiger partial charge in [0.25, 0.3) is 0 Å². The van der Waals surface area contributed by atoms with Crippen LogP contribution in [-0.4, -0.2) is 66.2 Å². The maximum absolute atomic E-state index is 10.6. The van der Waals surface area contributed by atoms with E-state index in [1.54, 1.807) is 11.3 Å². The van der Waals surface area contributed by atoms with Gasteiger partial charge in [-0.15, -0.1) is 11.3 Å². The van der Waals surface area contributed by atoms with Crippen LogP contribution >= 0.6 is 11.3 Å². The molecule has 0 spiro atoms. The van der Waals surface area contributed by atoms with Crippen molar-refractivity contribution >= 4 is 33.3 Å². The number of aliphatic hydroxyl groups is 3. The molecule has 0 aromatic carbocycles. The highest BCUT2D eigenvalue weighted by Gasteiger charge is 2.41. The van der Waals surface area contributed by atoms with Crippen molar-refractivity contribution < 1.29 is 15.3 Å². The maximum atomic E-state index is 10.6. The minimum absolute atomic E-state index is 0.177. The van der Waals surface area contributed by atoms with Crippen molar-refractivity contribution in [2.24, 2.45) is 5.92 Å². The first-order valence-electron chi connectivity index (χ1n) is 11.0. The second-order valence-electron chi connectivity index (χ2n) is 8.90. The summed E-state index contributed by atoms with van der Waals surface area (Å²) in [5.74, 6) is 0.728. The molecular weight excluding hydrogens is 428 g/mol. The van der Waals surface area contributed by atoms with Crippen LogP contribution in [0.1, 0.15) is 36.3 Å². The summed E-state index contributed by atoms with van der Waals surface area (Å²) in [7, 11) is 0. The number of hydrogen-bond donors (Lipinski definition) is 5. The van der Waals surface area contributed by atoms with Gasteiger partial charge in [0, 0.05) is 24.3 Å². The molecule has 2 fully saturated rings. The zero-order valence-corrected chi connectivity index (χ0v) is 19.1. The topological polar surface area (TPSA) is 136 Å². The fourth-order valence-electron chi connectivity index (χ4n) is 4.37. The zero-order valence-electron chi connectivity index (χ0n) is 18.3. The average molecular weight is 457 g/mol. The average Bonchev–Trinajstić information content (AvgIpc) is 3.38. The van der Waals surface area contributed by atoms with Gasteiger partial charge in [0.05, 0.1) is 33.8 Å². The summed E-state index contributed by atoms with van der Waals surface area (Å²) in [5.41, 5.74) is 4.23. The molecule has 3 aromatic heterocycles. The van der Waals surface area contributed by atoms with Gasteiger partial charge in [0.1, 0.15) is 22.4 Å². The van der Waals surface area contributed by atoms with E-state index < -0.39 is 18.2 Å². The van der Waals surface area contributed by atoms with Crippen LogP contribution in [0.4, 0.5) is 11.8 Å². The second kappa shape index (κ2) is 8.18. The SMILES string of the molecule is Cc1cc2sc(-c3c(C)nc(NC4CC4)nc3N[C@@H]3C[C@H](CO)[C@@H](O)[C@H]3O)nc2c(C)n1. The van der Waals surface area contributed by atoms with E-state index in [1.165, 1.54) is 0 Å². The van der Waals surface area contributed by atoms with Crippen molar-refractivity contribution in [3.8, 4) is 10.6 Å². The van der Waals surface area contributed by atoms with Crippen LogP contribution in [0.5, 0.6) is 0 Å². The molecule has 3 heterocycles. The van der Waals surface area contributed by atoms with E-state index in [1.807, 2.05) is 26.8 Å². The summed E-state index contributed by atoms with van der Waals surface area (Å²) in [6.45, 7) is 5.67. The highest BCUT2D eigenvalue weighted by Crippen LogP contribution is 2.39. The van der Waals surface area contributed by atoms with Gasteiger partial charge in [-0.05, 0) is 46.1 Å². The largest absolute Gasteiger partial charge is 0.396 e. The van der Waals surface area contributed by atoms with Crippen LogP contribution in [0.25, 0.3) is 20.8 Å². The molecular formula is C22H28N6O3S. The van der Waals surface area contributed by atoms with E-state index in [0.29, 0.717) is 24.2 Å². The molecule has 0 bridgehead atoms. The van der Waals surface area contributed by atoms with Crippen LogP contribution in [0.3, 0.4) is 0 Å². The molecule has 0 amide bonds. The number of hydrogen-bond acceptors (Lipinski definition) is 10. The number of rotatable bonds is 6. The van der Waals surface area contributed by atoms with Crippen LogP contribution in [0.15, 0.2) is 6.07 Å². The molecule has 5 N–H and O–H groups in total. The number of nitrogens with zero attached hydrogens (tertiary/aromatic N) is 4. The molecule has 0 radical (unpaired) electrons. The summed E-state index contributed by atoms with van der Waals surface area (Å²) >= 11 is 1.56. The molecule has 9 nitrogen and oxygen atoms in total. The molecule has 2 saturated carbocycles. The van der Waals surface area contributed by atoms with E-state index in [0.717, 1.165) is 50.7 Å². The number of fused-ring (bicyclic) bond motifs is 1. The first-order chi connectivity index (χ1) is 15.3. The number of nitrogens with one attached hydrogen (secondary N) is 2. The van der Waals surface area contributed by atoms with Crippen LogP contribution in [0, 0.1) is 26.7 Å². The molecule has 2 aliphatic carbocycles. The van der Waals surface area contributed by atoms with Gasteiger partial charge in [-0.25, -0.2) is 9.97 Å². The van der Waals surface area contributed by atoms with Gasteiger partial charge in [0.15, 0.2) is 0 Å². The summed E-state index contributed by atoms with van der Waals surface area (Å²) < 4.78 is 1.05. The fraction of sp³-hybridized carbons (Fsp3) is 0.545. The number of pyridine rings is 1. The molecule has 10 heteroatoms. The van der Waals surface area contributed by atoms with Gasteiger partial charge in [-0.1, -0.05) is 0 Å². The third-order valence-corrected chi connectivity index (χ3v) is 7.27. The molecule has 0 saturated heterocycles. The number of aliphatic hydroxyl groups excluding tert-OH is 3. The van der Waals surface area contributed by atoms with Gasteiger partial charge in [-0.2, -0.15) is 4.98 Å².